The van der Waals surface area contributed by atoms with E-state index in [9.17, 15) is 18.3 Å². The third kappa shape index (κ3) is 3.04. The molecule has 0 aliphatic carbocycles. The quantitative estimate of drug-likeness (QED) is 0.905. The fourth-order valence-corrected chi connectivity index (χ4v) is 3.83. The maximum absolute atomic E-state index is 12.7. The Labute approximate surface area is 137 Å². The Morgan fingerprint density at radius 3 is 2.41 bits per heavy atom. The summed E-state index contributed by atoms with van der Waals surface area (Å²) in [5.41, 5.74) is -0.0993. The summed E-state index contributed by atoms with van der Waals surface area (Å²) in [7, 11) is -2.79. The second-order valence-electron chi connectivity index (χ2n) is 4.37. The van der Waals surface area contributed by atoms with Crippen LogP contribution in [0.2, 0.25) is 10.0 Å². The zero-order valence-electron chi connectivity index (χ0n) is 11.3. The average Bonchev–Trinajstić information content (AvgIpc) is 2.48. The van der Waals surface area contributed by atoms with Gasteiger partial charge in [0.2, 0.25) is 0 Å². The van der Waals surface area contributed by atoms with E-state index in [1.165, 1.54) is 43.4 Å². The summed E-state index contributed by atoms with van der Waals surface area (Å²) in [5.74, 6) is -1.23. The molecule has 0 radical (unpaired) electrons. The topological polar surface area (TPSA) is 74.7 Å². The lowest BCUT2D eigenvalue weighted by Gasteiger charge is -2.21. The number of carboxylic acid groups (broad SMARTS) is 1. The third-order valence-electron chi connectivity index (χ3n) is 3.01. The summed E-state index contributed by atoms with van der Waals surface area (Å²) in [4.78, 5) is 11.1. The Bertz CT molecular complexity index is 836. The molecule has 2 aromatic rings. The van der Waals surface area contributed by atoms with Crippen LogP contribution in [0.5, 0.6) is 0 Å². The summed E-state index contributed by atoms with van der Waals surface area (Å²) in [5, 5.41) is 9.40. The van der Waals surface area contributed by atoms with Crippen LogP contribution >= 0.6 is 23.2 Å². The zero-order chi connectivity index (χ0) is 16.5. The maximum atomic E-state index is 12.7. The first kappa shape index (κ1) is 16.6. The molecule has 2 rings (SSSR count). The number of carbonyl (C=O) groups is 1. The van der Waals surface area contributed by atoms with Crippen LogP contribution in [0.1, 0.15) is 10.4 Å². The number of nitrogens with zero attached hydrogens (tertiary/aromatic N) is 1. The van der Waals surface area contributed by atoms with E-state index >= 15 is 0 Å². The Morgan fingerprint density at radius 1 is 1.14 bits per heavy atom. The predicted molar refractivity (Wildman–Crippen MR) is 85.5 cm³/mol. The molecule has 0 spiro atoms. The van der Waals surface area contributed by atoms with E-state index in [4.69, 9.17) is 23.2 Å². The van der Waals surface area contributed by atoms with Gasteiger partial charge in [0, 0.05) is 12.1 Å². The molecule has 22 heavy (non-hydrogen) atoms. The first-order chi connectivity index (χ1) is 10.2. The second kappa shape index (κ2) is 6.16. The highest BCUT2D eigenvalue weighted by Gasteiger charge is 2.27. The summed E-state index contributed by atoms with van der Waals surface area (Å²) in [6, 6.07) is 9.84. The maximum Gasteiger partial charge on any atom is 0.337 e. The predicted octanol–water partition coefficient (Wildman–Crippen LogP) is 3.52. The molecule has 0 unspecified atom stereocenters. The Hall–Kier alpha value is -1.76. The fraction of sp³-hybridized carbons (Fsp3) is 0.0714. The van der Waals surface area contributed by atoms with Crippen molar-refractivity contribution < 1.29 is 18.3 Å². The lowest BCUT2D eigenvalue weighted by Crippen LogP contribution is -2.28. The van der Waals surface area contributed by atoms with Gasteiger partial charge in [0.25, 0.3) is 10.0 Å². The summed E-state index contributed by atoms with van der Waals surface area (Å²) >= 11 is 11.8. The summed E-state index contributed by atoms with van der Waals surface area (Å²) in [6.45, 7) is 0. The molecule has 0 saturated heterocycles. The van der Waals surface area contributed by atoms with Crippen LogP contribution in [-0.4, -0.2) is 26.5 Å². The Balaban J connectivity index is 2.60. The van der Waals surface area contributed by atoms with Gasteiger partial charge in [-0.1, -0.05) is 35.3 Å². The number of rotatable bonds is 4. The van der Waals surface area contributed by atoms with E-state index in [1.807, 2.05) is 0 Å². The molecule has 116 valence electrons. The Morgan fingerprint density at radius 2 is 1.77 bits per heavy atom. The molecule has 0 aliphatic rings. The van der Waals surface area contributed by atoms with Crippen LogP contribution in [0, 0.1) is 0 Å². The van der Waals surface area contributed by atoms with Gasteiger partial charge in [-0.25, -0.2) is 13.2 Å². The van der Waals surface area contributed by atoms with Gasteiger partial charge < -0.3 is 5.11 Å². The van der Waals surface area contributed by atoms with E-state index in [-0.39, 0.29) is 26.2 Å². The minimum atomic E-state index is -4.05. The minimum absolute atomic E-state index is 0.00376. The van der Waals surface area contributed by atoms with Crippen molar-refractivity contribution in [3.05, 3.63) is 58.1 Å². The molecule has 0 aliphatic heterocycles. The van der Waals surface area contributed by atoms with E-state index in [0.717, 1.165) is 4.31 Å². The number of aromatic carboxylic acids is 1. The lowest BCUT2D eigenvalue weighted by molar-refractivity contribution is 0.0698. The molecule has 0 fully saturated rings. The number of halogens is 2. The molecule has 8 heteroatoms. The molecule has 1 N–H and O–H groups in total. The summed E-state index contributed by atoms with van der Waals surface area (Å²) < 4.78 is 26.2. The monoisotopic (exact) mass is 359 g/mol. The first-order valence-electron chi connectivity index (χ1n) is 6.01. The number of carboxylic acids is 1. The number of anilines is 1. The summed E-state index contributed by atoms with van der Waals surface area (Å²) in [6.07, 6.45) is 0. The number of sulfonamides is 1. The smallest absolute Gasteiger partial charge is 0.337 e. The first-order valence-corrected chi connectivity index (χ1v) is 8.21. The van der Waals surface area contributed by atoms with Crippen LogP contribution in [0.15, 0.2) is 47.4 Å². The van der Waals surface area contributed by atoms with Crippen molar-refractivity contribution in [3.63, 3.8) is 0 Å². The second-order valence-corrected chi connectivity index (χ2v) is 7.15. The molecule has 0 amide bonds. The van der Waals surface area contributed by atoms with Crippen LogP contribution < -0.4 is 4.31 Å². The number of hydrogen-bond donors (Lipinski definition) is 1. The normalized spacial score (nSPS) is 11.2. The van der Waals surface area contributed by atoms with Crippen molar-refractivity contribution in [2.24, 2.45) is 0 Å². The van der Waals surface area contributed by atoms with Crippen molar-refractivity contribution in [2.75, 3.05) is 11.4 Å². The molecule has 2 aromatic carbocycles. The van der Waals surface area contributed by atoms with E-state index in [0.29, 0.717) is 0 Å². The van der Waals surface area contributed by atoms with Crippen molar-refractivity contribution >= 4 is 44.9 Å². The van der Waals surface area contributed by atoms with Gasteiger partial charge >= 0.3 is 5.97 Å². The van der Waals surface area contributed by atoms with Gasteiger partial charge in [0.05, 0.1) is 16.3 Å². The van der Waals surface area contributed by atoms with E-state index in [2.05, 4.69) is 0 Å². The SMILES string of the molecule is CN(c1ccccc1C(=O)O)S(=O)(=O)c1cc(Cl)ccc1Cl. The standard InChI is InChI=1S/C14H11Cl2NO4S/c1-17(12-5-3-2-4-10(12)14(18)19)22(20,21)13-8-9(15)6-7-11(13)16/h2-8H,1H3,(H,18,19). The molecule has 0 saturated carbocycles. The highest BCUT2D eigenvalue weighted by molar-refractivity contribution is 7.93. The molecule has 0 atom stereocenters. The highest BCUT2D eigenvalue weighted by Crippen LogP contribution is 2.31. The van der Waals surface area contributed by atoms with Crippen molar-refractivity contribution in [1.29, 1.82) is 0 Å². The number of benzene rings is 2. The fourth-order valence-electron chi connectivity index (χ4n) is 1.88. The highest BCUT2D eigenvalue weighted by atomic mass is 35.5. The van der Waals surface area contributed by atoms with Gasteiger partial charge in [-0.05, 0) is 30.3 Å². The van der Waals surface area contributed by atoms with Crippen LogP contribution in [0.3, 0.4) is 0 Å². The van der Waals surface area contributed by atoms with Crippen molar-refractivity contribution in [2.45, 2.75) is 4.90 Å². The zero-order valence-corrected chi connectivity index (χ0v) is 13.7. The van der Waals surface area contributed by atoms with E-state index < -0.39 is 16.0 Å². The number of hydrogen-bond acceptors (Lipinski definition) is 3. The lowest BCUT2D eigenvalue weighted by atomic mass is 10.2. The van der Waals surface area contributed by atoms with Crippen molar-refractivity contribution in [3.8, 4) is 0 Å². The molecular weight excluding hydrogens is 349 g/mol. The van der Waals surface area contributed by atoms with Gasteiger partial charge in [-0.15, -0.1) is 0 Å². The van der Waals surface area contributed by atoms with Crippen molar-refractivity contribution in [1.82, 2.24) is 0 Å². The molecule has 0 aromatic heterocycles. The Kier molecular flexibility index (Phi) is 4.65. The molecule has 5 nitrogen and oxygen atoms in total. The molecule has 0 bridgehead atoms. The van der Waals surface area contributed by atoms with Crippen LogP contribution in [-0.2, 0) is 10.0 Å². The van der Waals surface area contributed by atoms with Gasteiger partial charge in [-0.2, -0.15) is 0 Å². The molecule has 0 heterocycles. The van der Waals surface area contributed by atoms with Gasteiger partial charge in [-0.3, -0.25) is 4.31 Å². The van der Waals surface area contributed by atoms with Crippen LogP contribution in [0.25, 0.3) is 0 Å². The van der Waals surface area contributed by atoms with Crippen LogP contribution in [0.4, 0.5) is 5.69 Å². The third-order valence-corrected chi connectivity index (χ3v) is 5.49. The van der Waals surface area contributed by atoms with Gasteiger partial charge in [0.15, 0.2) is 0 Å². The molecular formula is C14H11Cl2NO4S. The largest absolute Gasteiger partial charge is 0.478 e. The average molecular weight is 360 g/mol. The number of para-hydroxylation sites is 1. The van der Waals surface area contributed by atoms with Gasteiger partial charge in [0.1, 0.15) is 4.90 Å². The van der Waals surface area contributed by atoms with E-state index in [1.54, 1.807) is 6.07 Å². The minimum Gasteiger partial charge on any atom is -0.478 e.